The van der Waals surface area contributed by atoms with Crippen LogP contribution in [0, 0.1) is 11.3 Å². The maximum atomic E-state index is 11.7. The summed E-state index contributed by atoms with van der Waals surface area (Å²) in [7, 11) is 0. The molecular weight excluding hydrogens is 242 g/mol. The Kier molecular flexibility index (Phi) is 2.81. The average molecular weight is 249 g/mol. The lowest BCUT2D eigenvalue weighted by Gasteiger charge is -2.19. The zero-order chi connectivity index (χ0) is 11.7. The topological polar surface area (TPSA) is 78.9 Å². The summed E-state index contributed by atoms with van der Waals surface area (Å²) in [6, 6.07) is 1.91. The molecule has 0 atom stereocenters. The molecule has 0 saturated heterocycles. The van der Waals surface area contributed by atoms with Gasteiger partial charge in [0.25, 0.3) is 5.91 Å². The molecule has 0 aromatic rings. The Morgan fingerprint density at radius 2 is 2.38 bits per heavy atom. The third kappa shape index (κ3) is 1.64. The summed E-state index contributed by atoms with van der Waals surface area (Å²) in [5, 5.41) is 13.3. The largest absolute Gasteiger partial charge is 0.397 e. The van der Waals surface area contributed by atoms with Crippen LogP contribution in [0.3, 0.4) is 0 Å². The van der Waals surface area contributed by atoms with Crippen LogP contribution in [0.25, 0.3) is 0 Å². The number of nitrogens with one attached hydrogen (secondary N) is 1. The molecule has 0 saturated carbocycles. The average Bonchev–Trinajstić information content (AvgIpc) is 2.70. The van der Waals surface area contributed by atoms with Crippen LogP contribution < -0.4 is 11.1 Å². The fourth-order valence-electron chi connectivity index (χ4n) is 1.48. The zero-order valence-corrected chi connectivity index (χ0v) is 9.74. The van der Waals surface area contributed by atoms with Crippen molar-refractivity contribution in [1.82, 2.24) is 5.32 Å². The first-order valence-electron chi connectivity index (χ1n) is 4.46. The summed E-state index contributed by atoms with van der Waals surface area (Å²) in [4.78, 5) is 12.7. The number of nitriles is 1. The van der Waals surface area contributed by atoms with E-state index >= 15 is 0 Å². The highest BCUT2D eigenvalue weighted by Gasteiger charge is 2.29. The molecule has 0 spiro atoms. The maximum Gasteiger partial charge on any atom is 0.259 e. The van der Waals surface area contributed by atoms with Crippen molar-refractivity contribution >= 4 is 34.9 Å². The van der Waals surface area contributed by atoms with E-state index in [-0.39, 0.29) is 22.2 Å². The lowest BCUT2D eigenvalue weighted by atomic mass is 10.0. The van der Waals surface area contributed by atoms with Crippen LogP contribution >= 0.6 is 24.0 Å². The number of allylic oxidation sites excluding steroid dienone is 2. The van der Waals surface area contributed by atoms with E-state index in [0.29, 0.717) is 12.0 Å². The van der Waals surface area contributed by atoms with Gasteiger partial charge < -0.3 is 11.1 Å². The molecule has 2 aliphatic rings. The quantitative estimate of drug-likeness (QED) is 0.496. The minimum Gasteiger partial charge on any atom is -0.397 e. The third-order valence-electron chi connectivity index (χ3n) is 2.22. The minimum absolute atomic E-state index is 0.102. The molecule has 0 bridgehead atoms. The number of rotatable bonds is 0. The van der Waals surface area contributed by atoms with Gasteiger partial charge in [0.05, 0.1) is 11.3 Å². The Bertz CT molecular complexity index is 513. The van der Waals surface area contributed by atoms with Crippen LogP contribution in [0.4, 0.5) is 0 Å². The smallest absolute Gasteiger partial charge is 0.259 e. The molecule has 0 aromatic heterocycles. The Labute approximate surface area is 102 Å². The molecule has 0 fully saturated rings. The van der Waals surface area contributed by atoms with Gasteiger partial charge in [-0.1, -0.05) is 18.3 Å². The fraction of sp³-hybridized carbons (Fsp3) is 0.100. The number of hydrogen-bond acceptors (Lipinski definition) is 5. The van der Waals surface area contributed by atoms with E-state index in [1.54, 1.807) is 0 Å². The SMILES string of the molecule is N#CC1=C(N)/C(=C2\CC=CS2)C(=O)NC1=S. The molecule has 0 aromatic carbocycles. The van der Waals surface area contributed by atoms with E-state index in [1.165, 1.54) is 11.8 Å². The molecular formula is C10H7N3OS2. The molecule has 1 amide bonds. The Balaban J connectivity index is 2.58. The molecule has 6 heteroatoms. The first-order valence-corrected chi connectivity index (χ1v) is 5.74. The number of amides is 1. The van der Waals surface area contributed by atoms with Crippen molar-refractivity contribution < 1.29 is 4.79 Å². The fourth-order valence-corrected chi connectivity index (χ4v) is 2.60. The van der Waals surface area contributed by atoms with Crippen LogP contribution in [0.15, 0.2) is 33.2 Å². The summed E-state index contributed by atoms with van der Waals surface area (Å²) >= 11 is 6.31. The maximum absolute atomic E-state index is 11.7. The monoisotopic (exact) mass is 249 g/mol. The molecule has 2 rings (SSSR count). The van der Waals surface area contributed by atoms with Gasteiger partial charge in [0.1, 0.15) is 16.6 Å². The summed E-state index contributed by atoms with van der Waals surface area (Å²) in [5.41, 5.74) is 6.53. The van der Waals surface area contributed by atoms with Gasteiger partial charge in [-0.3, -0.25) is 4.79 Å². The van der Waals surface area contributed by atoms with E-state index in [4.69, 9.17) is 23.2 Å². The van der Waals surface area contributed by atoms with Crippen molar-refractivity contribution in [2.24, 2.45) is 5.73 Å². The van der Waals surface area contributed by atoms with Gasteiger partial charge in [0.2, 0.25) is 0 Å². The summed E-state index contributed by atoms with van der Waals surface area (Å²) in [5.74, 6) is -0.326. The van der Waals surface area contributed by atoms with Crippen molar-refractivity contribution in [1.29, 1.82) is 5.26 Å². The van der Waals surface area contributed by atoms with Gasteiger partial charge in [0, 0.05) is 4.91 Å². The number of thiocarbonyl (C=S) groups is 1. The number of carbonyl (C=O) groups is 1. The summed E-state index contributed by atoms with van der Waals surface area (Å²) < 4.78 is 0. The zero-order valence-electron chi connectivity index (χ0n) is 8.11. The van der Waals surface area contributed by atoms with Crippen molar-refractivity contribution in [3.63, 3.8) is 0 Å². The summed E-state index contributed by atoms with van der Waals surface area (Å²) in [6.07, 6.45) is 2.60. The minimum atomic E-state index is -0.326. The Morgan fingerprint density at radius 3 is 2.94 bits per heavy atom. The number of hydrogen-bond donors (Lipinski definition) is 2. The van der Waals surface area contributed by atoms with Crippen LogP contribution in [-0.2, 0) is 4.79 Å². The standard InChI is InChI=1S/C10H7N3OS2/c11-4-5-8(12)7(6-2-1-3-16-6)9(14)13-10(5)15/h1,3H,2,12H2,(H,13,14,15)/b7-6-. The molecule has 0 aliphatic carbocycles. The summed E-state index contributed by atoms with van der Waals surface area (Å²) in [6.45, 7) is 0. The van der Waals surface area contributed by atoms with Gasteiger partial charge in [-0.2, -0.15) is 5.26 Å². The van der Waals surface area contributed by atoms with E-state index in [1.807, 2.05) is 17.6 Å². The Morgan fingerprint density at radius 1 is 1.62 bits per heavy atom. The van der Waals surface area contributed by atoms with Crippen molar-refractivity contribution in [2.45, 2.75) is 6.42 Å². The predicted octanol–water partition coefficient (Wildman–Crippen LogP) is 1.08. The molecule has 80 valence electrons. The van der Waals surface area contributed by atoms with Crippen molar-refractivity contribution in [3.05, 3.63) is 33.2 Å². The van der Waals surface area contributed by atoms with E-state index in [0.717, 1.165) is 4.91 Å². The third-order valence-corrected chi connectivity index (χ3v) is 3.51. The predicted molar refractivity (Wildman–Crippen MR) is 65.9 cm³/mol. The lowest BCUT2D eigenvalue weighted by Crippen LogP contribution is -2.39. The van der Waals surface area contributed by atoms with Crippen LogP contribution in [0.2, 0.25) is 0 Å². The first-order chi connectivity index (χ1) is 7.65. The number of carbonyl (C=O) groups excluding carboxylic acids is 1. The number of thioether (sulfide) groups is 1. The normalized spacial score (nSPS) is 24.7. The van der Waals surface area contributed by atoms with Crippen molar-refractivity contribution in [2.75, 3.05) is 0 Å². The Hall–Kier alpha value is -1.58. The molecule has 0 radical (unpaired) electrons. The second kappa shape index (κ2) is 4.12. The first kappa shape index (κ1) is 10.9. The van der Waals surface area contributed by atoms with Gasteiger partial charge in [-0.05, 0) is 11.8 Å². The molecule has 2 aliphatic heterocycles. The van der Waals surface area contributed by atoms with Gasteiger partial charge in [-0.25, -0.2) is 0 Å². The highest BCUT2D eigenvalue weighted by Crippen LogP contribution is 2.34. The molecule has 0 unspecified atom stereocenters. The molecule has 16 heavy (non-hydrogen) atoms. The number of nitrogens with two attached hydrogens (primary N) is 1. The van der Waals surface area contributed by atoms with Crippen LogP contribution in [0.1, 0.15) is 6.42 Å². The van der Waals surface area contributed by atoms with Gasteiger partial charge in [-0.15, -0.1) is 11.8 Å². The van der Waals surface area contributed by atoms with Crippen molar-refractivity contribution in [3.8, 4) is 6.07 Å². The van der Waals surface area contributed by atoms with E-state index in [2.05, 4.69) is 5.32 Å². The lowest BCUT2D eigenvalue weighted by molar-refractivity contribution is -0.116. The van der Waals surface area contributed by atoms with Gasteiger partial charge in [0.15, 0.2) is 0 Å². The van der Waals surface area contributed by atoms with Crippen LogP contribution in [0.5, 0.6) is 0 Å². The second-order valence-corrected chi connectivity index (χ2v) is 4.58. The van der Waals surface area contributed by atoms with E-state index in [9.17, 15) is 4.79 Å². The molecule has 3 N–H and O–H groups in total. The number of nitrogens with zero attached hydrogens (tertiary/aromatic N) is 1. The van der Waals surface area contributed by atoms with Gasteiger partial charge >= 0.3 is 0 Å². The van der Waals surface area contributed by atoms with E-state index < -0.39 is 0 Å². The molecule has 2 heterocycles. The molecule has 4 nitrogen and oxygen atoms in total. The second-order valence-electron chi connectivity index (χ2n) is 3.18. The highest BCUT2D eigenvalue weighted by atomic mass is 32.2. The van der Waals surface area contributed by atoms with Crippen LogP contribution in [-0.4, -0.2) is 10.9 Å². The highest BCUT2D eigenvalue weighted by molar-refractivity contribution is 8.06.